The van der Waals surface area contributed by atoms with Crippen molar-refractivity contribution in [2.45, 2.75) is 6.92 Å². The summed E-state index contributed by atoms with van der Waals surface area (Å²) in [6, 6.07) is 15.0. The molecule has 0 amide bonds. The van der Waals surface area contributed by atoms with Crippen LogP contribution in [0.4, 0.5) is 0 Å². The number of halogens is 3. The van der Waals surface area contributed by atoms with Crippen molar-refractivity contribution in [3.05, 3.63) is 97.1 Å². The highest BCUT2D eigenvalue weighted by Gasteiger charge is 2.30. The molecule has 4 nitrogen and oxygen atoms in total. The van der Waals surface area contributed by atoms with E-state index in [0.717, 1.165) is 4.47 Å². The predicted molar refractivity (Wildman–Crippen MR) is 120 cm³/mol. The van der Waals surface area contributed by atoms with Crippen LogP contribution in [0.1, 0.15) is 31.8 Å². The number of benzene rings is 3. The first-order valence-electron chi connectivity index (χ1n) is 8.83. The fraction of sp³-hybridized carbons (Fsp3) is 0.0435. The number of aryl methyl sites for hydroxylation is 1. The Labute approximate surface area is 191 Å². The van der Waals surface area contributed by atoms with Crippen molar-refractivity contribution in [3.8, 4) is 11.5 Å². The highest BCUT2D eigenvalue weighted by Crippen LogP contribution is 2.38. The lowest BCUT2D eigenvalue weighted by Crippen LogP contribution is -2.08. The molecule has 0 fully saturated rings. The molecular formula is C23H13BrCl2O4. The van der Waals surface area contributed by atoms with Gasteiger partial charge in [0.15, 0.2) is 5.76 Å². The Bertz CT molecular complexity index is 1220. The first kappa shape index (κ1) is 20.7. The van der Waals surface area contributed by atoms with Crippen LogP contribution in [-0.2, 0) is 0 Å². The fourth-order valence-electron chi connectivity index (χ4n) is 3.04. The van der Waals surface area contributed by atoms with Crippen molar-refractivity contribution in [3.63, 3.8) is 0 Å². The second-order valence-electron chi connectivity index (χ2n) is 6.62. The maximum atomic E-state index is 12.8. The third-order valence-electron chi connectivity index (χ3n) is 4.48. The fourth-order valence-corrected chi connectivity index (χ4v) is 3.61. The van der Waals surface area contributed by atoms with E-state index in [4.69, 9.17) is 32.7 Å². The molecule has 0 unspecified atom stereocenters. The summed E-state index contributed by atoms with van der Waals surface area (Å²) >= 11 is 15.3. The molecule has 3 aromatic carbocycles. The normalized spacial score (nSPS) is 13.9. The number of hydrogen-bond acceptors (Lipinski definition) is 4. The first-order valence-corrected chi connectivity index (χ1v) is 10.4. The number of carbonyl (C=O) groups is 2. The molecule has 0 saturated carbocycles. The molecule has 0 bridgehead atoms. The van der Waals surface area contributed by atoms with Crippen LogP contribution in [0.5, 0.6) is 11.5 Å². The Kier molecular flexibility index (Phi) is 5.69. The Morgan fingerprint density at radius 2 is 1.77 bits per heavy atom. The largest absolute Gasteiger partial charge is 0.452 e. The Morgan fingerprint density at radius 3 is 2.47 bits per heavy atom. The number of ketones is 1. The van der Waals surface area contributed by atoms with Gasteiger partial charge in [-0.25, -0.2) is 4.79 Å². The first-order chi connectivity index (χ1) is 14.3. The van der Waals surface area contributed by atoms with E-state index >= 15 is 0 Å². The zero-order valence-electron chi connectivity index (χ0n) is 15.5. The van der Waals surface area contributed by atoms with Gasteiger partial charge in [-0.15, -0.1) is 0 Å². The van der Waals surface area contributed by atoms with E-state index in [1.165, 1.54) is 6.07 Å². The maximum Gasteiger partial charge on any atom is 0.343 e. The van der Waals surface area contributed by atoms with Crippen molar-refractivity contribution in [1.29, 1.82) is 0 Å². The zero-order valence-corrected chi connectivity index (χ0v) is 18.6. The van der Waals surface area contributed by atoms with Crippen LogP contribution in [0.3, 0.4) is 0 Å². The molecule has 7 heteroatoms. The summed E-state index contributed by atoms with van der Waals surface area (Å²) < 4.78 is 12.1. The molecule has 0 radical (unpaired) electrons. The molecule has 1 aliphatic heterocycles. The van der Waals surface area contributed by atoms with Gasteiger partial charge >= 0.3 is 5.97 Å². The van der Waals surface area contributed by atoms with Gasteiger partial charge in [0.1, 0.15) is 11.5 Å². The number of allylic oxidation sites excluding steroid dienone is 1. The van der Waals surface area contributed by atoms with E-state index in [2.05, 4.69) is 15.9 Å². The van der Waals surface area contributed by atoms with Crippen LogP contribution in [0, 0.1) is 6.92 Å². The molecule has 0 saturated heterocycles. The Hall–Kier alpha value is -2.60. The minimum Gasteiger partial charge on any atom is -0.452 e. The average molecular weight is 504 g/mol. The van der Waals surface area contributed by atoms with Gasteiger partial charge in [-0.2, -0.15) is 0 Å². The van der Waals surface area contributed by atoms with Gasteiger partial charge in [0.2, 0.25) is 5.78 Å². The Morgan fingerprint density at radius 1 is 1.03 bits per heavy atom. The van der Waals surface area contributed by atoms with E-state index in [1.807, 2.05) is 0 Å². The molecule has 1 aliphatic rings. The van der Waals surface area contributed by atoms with Gasteiger partial charge in [0.25, 0.3) is 0 Å². The van der Waals surface area contributed by atoms with Gasteiger partial charge in [0.05, 0.1) is 21.2 Å². The topological polar surface area (TPSA) is 52.6 Å². The minimum atomic E-state index is -0.502. The number of rotatable bonds is 3. The van der Waals surface area contributed by atoms with Crippen LogP contribution in [0.2, 0.25) is 10.0 Å². The lowest BCUT2D eigenvalue weighted by Gasteiger charge is -2.08. The van der Waals surface area contributed by atoms with E-state index < -0.39 is 5.97 Å². The molecule has 4 rings (SSSR count). The zero-order chi connectivity index (χ0) is 21.4. The Balaban J connectivity index is 1.60. The van der Waals surface area contributed by atoms with Crippen molar-refractivity contribution in [2.24, 2.45) is 0 Å². The summed E-state index contributed by atoms with van der Waals surface area (Å²) in [7, 11) is 0. The van der Waals surface area contributed by atoms with Crippen LogP contribution in [0.15, 0.2) is 64.8 Å². The summed E-state index contributed by atoms with van der Waals surface area (Å²) in [6.07, 6.45) is 1.59. The summed E-state index contributed by atoms with van der Waals surface area (Å²) in [5.74, 6) is 0.0349. The van der Waals surface area contributed by atoms with Crippen molar-refractivity contribution < 1.29 is 19.1 Å². The van der Waals surface area contributed by atoms with Gasteiger partial charge in [-0.3, -0.25) is 4.79 Å². The summed E-state index contributed by atoms with van der Waals surface area (Å²) in [4.78, 5) is 25.2. The van der Waals surface area contributed by atoms with Gasteiger partial charge in [-0.1, -0.05) is 45.2 Å². The summed E-state index contributed by atoms with van der Waals surface area (Å²) in [5.41, 5.74) is 2.17. The van der Waals surface area contributed by atoms with Crippen LogP contribution >= 0.6 is 39.1 Å². The van der Waals surface area contributed by atoms with Gasteiger partial charge in [0, 0.05) is 10.5 Å². The summed E-state index contributed by atoms with van der Waals surface area (Å²) in [6.45, 7) is 1.76. The third kappa shape index (κ3) is 4.15. The number of esters is 1. The molecule has 30 heavy (non-hydrogen) atoms. The molecular weight excluding hydrogens is 491 g/mol. The highest BCUT2D eigenvalue weighted by atomic mass is 79.9. The van der Waals surface area contributed by atoms with Crippen molar-refractivity contribution in [2.75, 3.05) is 0 Å². The molecule has 0 aliphatic carbocycles. The lowest BCUT2D eigenvalue weighted by molar-refractivity contribution is 0.0734. The highest BCUT2D eigenvalue weighted by molar-refractivity contribution is 9.10. The predicted octanol–water partition coefficient (Wildman–Crippen LogP) is 6.90. The van der Waals surface area contributed by atoms with Crippen LogP contribution in [0.25, 0.3) is 6.08 Å². The lowest BCUT2D eigenvalue weighted by atomic mass is 10.0. The second kappa shape index (κ2) is 8.26. The molecule has 3 aromatic rings. The molecule has 150 valence electrons. The van der Waals surface area contributed by atoms with E-state index in [-0.39, 0.29) is 11.5 Å². The molecule has 0 aromatic heterocycles. The van der Waals surface area contributed by atoms with Crippen molar-refractivity contribution in [1.82, 2.24) is 0 Å². The molecule has 1 heterocycles. The quantitative estimate of drug-likeness (QED) is 0.221. The molecule has 0 atom stereocenters. The standard InChI is InChI=1S/C23H13BrCl2O4/c1-12-8-16(29-23(28)14-3-5-15(24)6-4-14)11-19-21(12)22(27)20(30-19)10-13-2-7-17(25)18(26)9-13/h2-11H,1H3/b20-10-. The van der Waals surface area contributed by atoms with Crippen LogP contribution in [-0.4, -0.2) is 11.8 Å². The third-order valence-corrected chi connectivity index (χ3v) is 5.74. The number of hydrogen-bond donors (Lipinski definition) is 0. The van der Waals surface area contributed by atoms with Gasteiger partial charge in [-0.05, 0) is 66.6 Å². The summed E-state index contributed by atoms with van der Waals surface area (Å²) in [5, 5.41) is 0.807. The molecule has 0 spiro atoms. The monoisotopic (exact) mass is 502 g/mol. The SMILES string of the molecule is Cc1cc(OC(=O)c2ccc(Br)cc2)cc2c1C(=O)/C(=C/c1ccc(Cl)c(Cl)c1)O2. The number of carbonyl (C=O) groups excluding carboxylic acids is 2. The second-order valence-corrected chi connectivity index (χ2v) is 8.35. The van der Waals surface area contributed by atoms with E-state index in [9.17, 15) is 9.59 Å². The maximum absolute atomic E-state index is 12.8. The molecule has 0 N–H and O–H groups in total. The van der Waals surface area contributed by atoms with E-state index in [1.54, 1.807) is 61.5 Å². The number of fused-ring (bicyclic) bond motifs is 1. The van der Waals surface area contributed by atoms with Gasteiger partial charge < -0.3 is 9.47 Å². The van der Waals surface area contributed by atoms with Crippen molar-refractivity contribution >= 4 is 57.0 Å². The number of ether oxygens (including phenoxy) is 2. The smallest absolute Gasteiger partial charge is 0.343 e. The average Bonchev–Trinajstić information content (AvgIpc) is 3.01. The number of Topliss-reactive ketones (excluding diaryl/α,β-unsaturated/α-hetero) is 1. The van der Waals surface area contributed by atoms with E-state index in [0.29, 0.717) is 43.8 Å². The van der Waals surface area contributed by atoms with Crippen LogP contribution < -0.4 is 9.47 Å². The minimum absolute atomic E-state index is 0.155.